The number of benzene rings is 2. The molecular weight excluding hydrogens is 252 g/mol. The van der Waals surface area contributed by atoms with E-state index in [9.17, 15) is 9.90 Å². The Labute approximate surface area is 118 Å². The van der Waals surface area contributed by atoms with Crippen LogP contribution < -0.4 is 4.74 Å². The van der Waals surface area contributed by atoms with E-state index in [2.05, 4.69) is 19.1 Å². The van der Waals surface area contributed by atoms with Crippen molar-refractivity contribution < 1.29 is 14.6 Å². The number of ether oxygens (including phenoxy) is 1. The Bertz CT molecular complexity index is 617. The van der Waals surface area contributed by atoms with Crippen molar-refractivity contribution in [3.8, 4) is 16.9 Å². The highest BCUT2D eigenvalue weighted by Gasteiger charge is 2.13. The molecule has 2 aromatic rings. The summed E-state index contributed by atoms with van der Waals surface area (Å²) in [6.07, 6.45) is 2.06. The molecule has 1 N–H and O–H groups in total. The second kappa shape index (κ2) is 6.24. The third-order valence-electron chi connectivity index (χ3n) is 3.23. The van der Waals surface area contributed by atoms with Crippen molar-refractivity contribution in [1.82, 2.24) is 0 Å². The number of aryl methyl sites for hydroxylation is 1. The Morgan fingerprint density at radius 2 is 2.00 bits per heavy atom. The monoisotopic (exact) mass is 270 g/mol. The first-order valence-electron chi connectivity index (χ1n) is 6.66. The lowest BCUT2D eigenvalue weighted by Crippen LogP contribution is -2.00. The van der Waals surface area contributed by atoms with Gasteiger partial charge < -0.3 is 9.84 Å². The van der Waals surface area contributed by atoms with Crippen molar-refractivity contribution in [2.75, 3.05) is 7.11 Å². The summed E-state index contributed by atoms with van der Waals surface area (Å²) in [4.78, 5) is 11.4. The number of aromatic carboxylic acids is 1. The highest BCUT2D eigenvalue weighted by Crippen LogP contribution is 2.28. The SMILES string of the molecule is CCCc1cccc(-c2ccc(OC)cc2C(=O)O)c1. The average molecular weight is 270 g/mol. The fraction of sp³-hybridized carbons (Fsp3) is 0.235. The normalized spacial score (nSPS) is 10.3. The number of carboxylic acid groups (broad SMARTS) is 1. The smallest absolute Gasteiger partial charge is 0.336 e. The lowest BCUT2D eigenvalue weighted by Gasteiger charge is -2.10. The molecule has 0 aliphatic rings. The van der Waals surface area contributed by atoms with Gasteiger partial charge in [-0.05, 0) is 41.3 Å². The van der Waals surface area contributed by atoms with Gasteiger partial charge >= 0.3 is 5.97 Å². The fourth-order valence-corrected chi connectivity index (χ4v) is 2.26. The second-order valence-corrected chi connectivity index (χ2v) is 4.67. The molecule has 0 heterocycles. The molecular formula is C17H18O3. The molecule has 0 saturated carbocycles. The standard InChI is InChI=1S/C17H18O3/c1-3-5-12-6-4-7-13(10-12)15-9-8-14(20-2)11-16(15)17(18)19/h4,6-11H,3,5H2,1-2H3,(H,18,19). The number of carboxylic acids is 1. The van der Waals surface area contributed by atoms with Crippen LogP contribution in [-0.2, 0) is 6.42 Å². The van der Waals surface area contributed by atoms with E-state index in [-0.39, 0.29) is 5.56 Å². The molecule has 0 saturated heterocycles. The molecule has 2 aromatic carbocycles. The molecule has 0 radical (unpaired) electrons. The molecule has 3 heteroatoms. The van der Waals surface area contributed by atoms with Crippen LogP contribution in [0.2, 0.25) is 0 Å². The van der Waals surface area contributed by atoms with Crippen LogP contribution in [0, 0.1) is 0 Å². The zero-order valence-corrected chi connectivity index (χ0v) is 11.7. The Morgan fingerprint density at radius 3 is 2.65 bits per heavy atom. The first-order valence-corrected chi connectivity index (χ1v) is 6.66. The summed E-state index contributed by atoms with van der Waals surface area (Å²) in [5.74, 6) is -0.393. The molecule has 2 rings (SSSR count). The van der Waals surface area contributed by atoms with Crippen molar-refractivity contribution in [3.05, 3.63) is 53.6 Å². The lowest BCUT2D eigenvalue weighted by molar-refractivity contribution is 0.0697. The maximum Gasteiger partial charge on any atom is 0.336 e. The maximum atomic E-state index is 11.4. The van der Waals surface area contributed by atoms with Gasteiger partial charge in [0, 0.05) is 0 Å². The van der Waals surface area contributed by atoms with E-state index < -0.39 is 5.97 Å². The van der Waals surface area contributed by atoms with Gasteiger partial charge in [0.2, 0.25) is 0 Å². The molecule has 0 aromatic heterocycles. The molecule has 104 valence electrons. The topological polar surface area (TPSA) is 46.5 Å². The van der Waals surface area contributed by atoms with Crippen molar-refractivity contribution in [1.29, 1.82) is 0 Å². The number of methoxy groups -OCH3 is 1. The summed E-state index contributed by atoms with van der Waals surface area (Å²) in [6, 6.07) is 13.2. The number of rotatable bonds is 5. The van der Waals surface area contributed by atoms with Gasteiger partial charge in [0.1, 0.15) is 5.75 Å². The van der Waals surface area contributed by atoms with Gasteiger partial charge in [0.05, 0.1) is 12.7 Å². The van der Waals surface area contributed by atoms with E-state index in [4.69, 9.17) is 4.74 Å². The van der Waals surface area contributed by atoms with Crippen LogP contribution in [0.4, 0.5) is 0 Å². The molecule has 0 atom stereocenters. The quantitative estimate of drug-likeness (QED) is 0.892. The highest BCUT2D eigenvalue weighted by molar-refractivity contribution is 5.96. The highest BCUT2D eigenvalue weighted by atomic mass is 16.5. The van der Waals surface area contributed by atoms with Crippen LogP contribution >= 0.6 is 0 Å². The van der Waals surface area contributed by atoms with E-state index in [1.807, 2.05) is 12.1 Å². The van der Waals surface area contributed by atoms with E-state index in [1.165, 1.54) is 12.7 Å². The third-order valence-corrected chi connectivity index (χ3v) is 3.23. The first-order chi connectivity index (χ1) is 9.65. The van der Waals surface area contributed by atoms with E-state index in [0.29, 0.717) is 5.75 Å². The van der Waals surface area contributed by atoms with Gasteiger partial charge in [-0.1, -0.05) is 37.6 Å². The minimum absolute atomic E-state index is 0.262. The molecule has 0 amide bonds. The van der Waals surface area contributed by atoms with Gasteiger partial charge in [-0.2, -0.15) is 0 Å². The third kappa shape index (κ3) is 2.99. The Kier molecular flexibility index (Phi) is 4.41. The average Bonchev–Trinajstić information content (AvgIpc) is 2.47. The number of carbonyl (C=O) groups is 1. The summed E-state index contributed by atoms with van der Waals surface area (Å²) in [5.41, 5.74) is 3.13. The Hall–Kier alpha value is -2.29. The molecule has 0 bridgehead atoms. The van der Waals surface area contributed by atoms with Crippen molar-refractivity contribution >= 4 is 5.97 Å². The van der Waals surface area contributed by atoms with Crippen LogP contribution in [0.25, 0.3) is 11.1 Å². The molecule has 0 unspecified atom stereocenters. The fourth-order valence-electron chi connectivity index (χ4n) is 2.26. The van der Waals surface area contributed by atoms with Gasteiger partial charge in [-0.3, -0.25) is 0 Å². The van der Waals surface area contributed by atoms with Gasteiger partial charge in [-0.25, -0.2) is 4.79 Å². The predicted octanol–water partition coefficient (Wildman–Crippen LogP) is 4.01. The largest absolute Gasteiger partial charge is 0.497 e. The van der Waals surface area contributed by atoms with E-state index in [1.54, 1.807) is 18.2 Å². The van der Waals surface area contributed by atoms with E-state index >= 15 is 0 Å². The van der Waals surface area contributed by atoms with Crippen molar-refractivity contribution in [2.24, 2.45) is 0 Å². The van der Waals surface area contributed by atoms with Gasteiger partial charge in [-0.15, -0.1) is 0 Å². The predicted molar refractivity (Wildman–Crippen MR) is 79.4 cm³/mol. The summed E-state index contributed by atoms with van der Waals surface area (Å²) in [5, 5.41) is 9.36. The minimum Gasteiger partial charge on any atom is -0.497 e. The first kappa shape index (κ1) is 14.1. The molecule has 0 aliphatic carbocycles. The molecule has 0 aliphatic heterocycles. The summed E-state index contributed by atoms with van der Waals surface area (Å²) < 4.78 is 5.09. The zero-order valence-electron chi connectivity index (χ0n) is 11.7. The summed E-state index contributed by atoms with van der Waals surface area (Å²) in [7, 11) is 1.53. The Balaban J connectivity index is 2.51. The zero-order chi connectivity index (χ0) is 14.5. The van der Waals surface area contributed by atoms with Crippen LogP contribution in [-0.4, -0.2) is 18.2 Å². The van der Waals surface area contributed by atoms with E-state index in [0.717, 1.165) is 24.0 Å². The summed E-state index contributed by atoms with van der Waals surface area (Å²) >= 11 is 0. The minimum atomic E-state index is -0.945. The van der Waals surface area contributed by atoms with Crippen LogP contribution in [0.5, 0.6) is 5.75 Å². The molecule has 3 nitrogen and oxygen atoms in total. The number of hydrogen-bond donors (Lipinski definition) is 1. The lowest BCUT2D eigenvalue weighted by atomic mass is 9.97. The summed E-state index contributed by atoms with van der Waals surface area (Å²) in [6.45, 7) is 2.13. The van der Waals surface area contributed by atoms with Crippen LogP contribution in [0.15, 0.2) is 42.5 Å². The van der Waals surface area contributed by atoms with Crippen LogP contribution in [0.1, 0.15) is 29.3 Å². The van der Waals surface area contributed by atoms with Gasteiger partial charge in [0.25, 0.3) is 0 Å². The molecule has 20 heavy (non-hydrogen) atoms. The molecule has 0 spiro atoms. The number of hydrogen-bond acceptors (Lipinski definition) is 2. The van der Waals surface area contributed by atoms with Crippen LogP contribution in [0.3, 0.4) is 0 Å². The Morgan fingerprint density at radius 1 is 1.20 bits per heavy atom. The maximum absolute atomic E-state index is 11.4. The van der Waals surface area contributed by atoms with Crippen molar-refractivity contribution in [2.45, 2.75) is 19.8 Å². The second-order valence-electron chi connectivity index (χ2n) is 4.67. The van der Waals surface area contributed by atoms with Crippen molar-refractivity contribution in [3.63, 3.8) is 0 Å². The van der Waals surface area contributed by atoms with Gasteiger partial charge in [0.15, 0.2) is 0 Å². The molecule has 0 fully saturated rings.